The minimum absolute atomic E-state index is 0.00393. The average Bonchev–Trinajstić information content (AvgIpc) is 0.840. The van der Waals surface area contributed by atoms with Crippen molar-refractivity contribution in [3.8, 4) is 0 Å². The van der Waals surface area contributed by atoms with Crippen LogP contribution in [0, 0.1) is 0 Å². The summed E-state index contributed by atoms with van der Waals surface area (Å²) in [6, 6.07) is 0. The molecule has 0 fully saturated rings. The van der Waals surface area contributed by atoms with E-state index in [-0.39, 0.29) is 185 Å². The summed E-state index contributed by atoms with van der Waals surface area (Å²) in [4.78, 5) is 236. The van der Waals surface area contributed by atoms with Gasteiger partial charge in [-0.2, -0.15) is 0 Å². The van der Waals surface area contributed by atoms with Crippen molar-refractivity contribution in [1.82, 2.24) is 31.9 Å². The van der Waals surface area contributed by atoms with Crippen molar-refractivity contribution in [2.75, 3.05) is 145 Å². The molecule has 141 heavy (non-hydrogen) atoms. The summed E-state index contributed by atoms with van der Waals surface area (Å²) in [6.07, 6.45) is -4.70. The van der Waals surface area contributed by atoms with Gasteiger partial charge >= 0.3 is 114 Å². The third kappa shape index (κ3) is 71.7. The molecule has 0 atom stereocenters. The topological polar surface area (TPSA) is 598 Å². The van der Waals surface area contributed by atoms with Gasteiger partial charge < -0.3 is 127 Å². The number of rotatable bonds is 60. The summed E-state index contributed by atoms with van der Waals surface area (Å²) in [7, 11) is 0. The molecule has 0 aromatic heterocycles. The van der Waals surface area contributed by atoms with Crippen molar-refractivity contribution in [3.05, 3.63) is 170 Å². The zero-order chi connectivity index (χ0) is 110. The molecule has 0 aliphatic heterocycles. The van der Waals surface area contributed by atoms with Crippen molar-refractivity contribution in [1.29, 1.82) is 0 Å². The van der Waals surface area contributed by atoms with E-state index in [2.05, 4.69) is 129 Å². The Labute approximate surface area is 820 Å². The highest BCUT2D eigenvalue weighted by molar-refractivity contribution is 5.92. The molecule has 0 aliphatic carbocycles. The molecule has 0 saturated carbocycles. The van der Waals surface area contributed by atoms with Crippen LogP contribution in [-0.2, 0) is 162 Å². The van der Waals surface area contributed by atoms with Gasteiger partial charge in [0.25, 0.3) is 6.47 Å². The Balaban J connectivity index is -0.000000631. The molecule has 6 N–H and O–H groups in total. The second-order valence-electron chi connectivity index (χ2n) is 31.8. The van der Waals surface area contributed by atoms with Gasteiger partial charge in [0.15, 0.2) is 0 Å². The average molecular weight is 2000 g/mol. The summed E-state index contributed by atoms with van der Waals surface area (Å²) in [6.45, 7) is 68.7. The number of hydrogen-bond donors (Lipinski definition) is 6. The Bertz CT molecular complexity index is 4050. The van der Waals surface area contributed by atoms with Gasteiger partial charge in [-0.05, 0) is 118 Å². The maximum absolute atomic E-state index is 12.9. The summed E-state index contributed by atoms with van der Waals surface area (Å²) in [5.41, 5.74) is -3.80. The highest BCUT2D eigenvalue weighted by Gasteiger charge is 2.41. The zero-order valence-electron chi connectivity index (χ0n) is 83.7. The highest BCUT2D eigenvalue weighted by Crippen LogP contribution is 2.18. The summed E-state index contributed by atoms with van der Waals surface area (Å²) in [5.74, 6) is -9.51. The second-order valence-corrected chi connectivity index (χ2v) is 31.8. The number of amides is 6. The van der Waals surface area contributed by atoms with E-state index in [1.807, 2.05) is 13.8 Å². The highest BCUT2D eigenvalue weighted by atomic mass is 16.6. The number of carbonyl (C=O) groups excluding carboxylic acids is 20. The largest absolute Gasteiger partial charge is 0.468 e. The first-order valence-electron chi connectivity index (χ1n) is 42.4. The van der Waals surface area contributed by atoms with Gasteiger partial charge in [0.05, 0.1) is 65.9 Å². The standard InChI is InChI=1S/C37H50N2O16.C29H42N2O12.C17H26N2O8.C8H12O4.C4H8/c1-22(2)28(40)50-16-36(17-51-29(41)23(3)4,18-52-30(42)24(5)6)38-34(46)48-14-13-15-49-35(47)39-37(19-53-31(43)25(7)8,20-54-32(44)26(9)10)21-55-33(45)27(11)12;1-18(2)22(32)40-14-28(9,15-41-23(33)19(3)4)30-26(36)38-12-11-13-39-27(37)31-29(10,16-42-24(34)20(5)6)17-43-25(35)21(7)8;1-12(2)14(20)24-10-6-18-16(22)26-8-5-9-27-17(23)19-7-11-25-15(21)13(3)4;1-7(2)8(10)12-5-3-4-11-6-9;1-4(2)3/h1,3,5,7,9,11,13-21H2,2,4,6,8,10,12H3,(H,38,46)(H,39,47);1,3,5,7,11-17H2,2,4,6,8-10H3,(H,30,36)(H,31,37);1,3,5-11H2,2,4H3,(H,18,22)(H,19,23);6H,1,3-5H2,2H3;1H2,2-3H3. The number of allylic oxidation sites excluding steroid dienone is 1. The molecule has 0 rings (SSSR count). The maximum Gasteiger partial charge on any atom is 0.407 e. The van der Waals surface area contributed by atoms with Crippen LogP contribution in [0.15, 0.2) is 170 Å². The predicted octanol–water partition coefficient (Wildman–Crippen LogP) is 9.16. The quantitative estimate of drug-likeness (QED) is 0.00824. The van der Waals surface area contributed by atoms with Gasteiger partial charge in [0.2, 0.25) is 0 Å². The molecule has 0 aromatic carbocycles. The van der Waals surface area contributed by atoms with Crippen molar-refractivity contribution >= 4 is 121 Å². The Hall–Kier alpha value is -15.4. The predicted molar refractivity (Wildman–Crippen MR) is 505 cm³/mol. The number of ether oxygens (including phenoxy) is 20. The fourth-order valence-electron chi connectivity index (χ4n) is 7.70. The van der Waals surface area contributed by atoms with Crippen LogP contribution in [-0.4, -0.2) is 288 Å². The molecule has 0 saturated heterocycles. The minimum atomic E-state index is -1.87. The van der Waals surface area contributed by atoms with Gasteiger partial charge in [0.1, 0.15) is 101 Å². The number of carbonyl (C=O) groups is 20. The first-order valence-corrected chi connectivity index (χ1v) is 42.4. The fourth-order valence-corrected chi connectivity index (χ4v) is 7.70. The zero-order valence-corrected chi connectivity index (χ0v) is 83.7. The lowest BCUT2D eigenvalue weighted by atomic mass is 10.0. The Morgan fingerprint density at radius 3 is 0.539 bits per heavy atom. The van der Waals surface area contributed by atoms with Gasteiger partial charge in [-0.1, -0.05) is 91.1 Å². The van der Waals surface area contributed by atoms with Crippen LogP contribution in [0.2, 0.25) is 0 Å². The van der Waals surface area contributed by atoms with E-state index in [1.165, 1.54) is 103 Å². The molecule has 0 bridgehead atoms. The van der Waals surface area contributed by atoms with Crippen LogP contribution in [0.4, 0.5) is 28.8 Å². The van der Waals surface area contributed by atoms with Crippen molar-refractivity contribution in [3.63, 3.8) is 0 Å². The molecule has 0 unspecified atom stereocenters. The normalized spacial score (nSPS) is 10.2. The van der Waals surface area contributed by atoms with Crippen molar-refractivity contribution in [2.45, 2.75) is 166 Å². The molecule has 0 aromatic rings. The van der Waals surface area contributed by atoms with Gasteiger partial charge in [-0.3, -0.25) is 4.79 Å². The SMILES string of the molecule is C=C(C)C.C=C(C)C(=O)OCC(C)(COC(=O)C(=C)C)NC(=O)OCCCOC(=O)NC(C)(COC(=O)C(=C)C)COC(=O)C(=C)C.C=C(C)C(=O)OCC(COC(=O)C(=C)C)(COC(=O)C(=C)C)NC(=O)OCCCOC(=O)NC(COC(=O)C(=C)C)(COC(=O)C(=C)C)COC(=O)C(=C)C.C=C(C)C(=O)OCCCOC=O.C=C(C)C(=O)OCCNC(=O)OCCCOC(=O)NCCOC(=O)C(=C)C. The van der Waals surface area contributed by atoms with Gasteiger partial charge in [0, 0.05) is 98.1 Å². The van der Waals surface area contributed by atoms with Gasteiger partial charge in [-0.25, -0.2) is 91.1 Å². The van der Waals surface area contributed by atoms with E-state index in [4.69, 9.17) is 90.0 Å². The Kier molecular flexibility index (Phi) is 70.1. The first-order chi connectivity index (χ1) is 65.4. The second kappa shape index (κ2) is 73.8. The van der Waals surface area contributed by atoms with Crippen LogP contribution in [0.3, 0.4) is 0 Å². The molecular formula is C95H138N6O40. The van der Waals surface area contributed by atoms with Crippen LogP contribution >= 0.6 is 0 Å². The Morgan fingerprint density at radius 1 is 0.206 bits per heavy atom. The third-order valence-electron chi connectivity index (χ3n) is 15.2. The molecular weight excluding hydrogens is 1870 g/mol. The van der Waals surface area contributed by atoms with Crippen LogP contribution in [0.1, 0.15) is 143 Å². The van der Waals surface area contributed by atoms with Crippen LogP contribution < -0.4 is 31.9 Å². The number of nitrogens with one attached hydrogen (secondary N) is 6. The molecule has 46 heteroatoms. The molecule has 0 radical (unpaired) electrons. The van der Waals surface area contributed by atoms with Crippen LogP contribution in [0.5, 0.6) is 0 Å². The summed E-state index contributed by atoms with van der Waals surface area (Å²) < 4.78 is 100. The minimum Gasteiger partial charge on any atom is -0.468 e. The van der Waals surface area contributed by atoms with E-state index in [0.29, 0.717) is 24.9 Å². The van der Waals surface area contributed by atoms with Crippen LogP contribution in [0.25, 0.3) is 0 Å². The maximum atomic E-state index is 12.9. The molecule has 788 valence electrons. The van der Waals surface area contributed by atoms with E-state index in [1.54, 1.807) is 6.92 Å². The van der Waals surface area contributed by atoms with E-state index >= 15 is 0 Å². The lowest BCUT2D eigenvalue weighted by Crippen LogP contribution is -2.59. The van der Waals surface area contributed by atoms with Crippen molar-refractivity contribution in [2.24, 2.45) is 0 Å². The lowest BCUT2D eigenvalue weighted by Gasteiger charge is -2.33. The van der Waals surface area contributed by atoms with Crippen molar-refractivity contribution < 1.29 is 191 Å². The number of hydrogen-bond acceptors (Lipinski definition) is 40. The number of esters is 13. The molecule has 0 heterocycles. The fraction of sp³-hybridized carbons (Fsp3) is 0.495. The van der Waals surface area contributed by atoms with Gasteiger partial charge in [-0.15, -0.1) is 6.58 Å². The smallest absolute Gasteiger partial charge is 0.407 e. The molecule has 0 spiro atoms. The molecule has 6 amide bonds. The van der Waals surface area contributed by atoms with E-state index in [0.717, 1.165) is 0 Å². The Morgan fingerprint density at radius 2 is 0.355 bits per heavy atom. The van der Waals surface area contributed by atoms with E-state index in [9.17, 15) is 95.9 Å². The summed E-state index contributed by atoms with van der Waals surface area (Å²) in [5, 5.41) is 14.5. The lowest BCUT2D eigenvalue weighted by molar-refractivity contribution is -0.154. The summed E-state index contributed by atoms with van der Waals surface area (Å²) >= 11 is 0. The molecule has 0 aliphatic rings. The van der Waals surface area contributed by atoms with E-state index < -0.39 is 176 Å². The number of alkyl carbamates (subject to hydrolysis) is 6. The molecule has 46 nitrogen and oxygen atoms in total. The monoisotopic (exact) mass is 2000 g/mol. The first kappa shape index (κ1) is 134. The third-order valence-corrected chi connectivity index (χ3v) is 15.2.